The van der Waals surface area contributed by atoms with E-state index in [1.54, 1.807) is 0 Å². The predicted octanol–water partition coefficient (Wildman–Crippen LogP) is 22.1. The van der Waals surface area contributed by atoms with Crippen molar-refractivity contribution in [3.63, 3.8) is 0 Å². The van der Waals surface area contributed by atoms with E-state index in [1.165, 1.54) is 65.2 Å². The summed E-state index contributed by atoms with van der Waals surface area (Å²) in [5, 5.41) is 24.9. The highest BCUT2D eigenvalue weighted by Crippen LogP contribution is 2.46. The molecule has 0 saturated carbocycles. The third-order valence-corrected chi connectivity index (χ3v) is 20.0. The number of para-hydroxylation sites is 8. The lowest BCUT2D eigenvalue weighted by molar-refractivity contribution is 1.09. The van der Waals surface area contributed by atoms with Crippen LogP contribution >= 0.6 is 0 Å². The van der Waals surface area contributed by atoms with E-state index < -0.39 is 0 Å². The molecule has 0 fully saturated rings. The van der Waals surface area contributed by atoms with Crippen LogP contribution in [0.1, 0.15) is 11.1 Å². The minimum absolute atomic E-state index is 0.606. The normalized spacial score (nSPS) is 12.1. The molecule has 0 saturated heterocycles. The van der Waals surface area contributed by atoms with E-state index in [1.807, 2.05) is 18.2 Å². The molecule has 6 heterocycles. The Morgan fingerprint density at radius 1 is 0.237 bits per heavy atom. The smallest absolute Gasteiger partial charge is 0.0991 e. The molecule has 0 unspecified atom stereocenters. The number of hydrogen-bond donors (Lipinski definition) is 0. The zero-order valence-electron chi connectivity index (χ0n) is 50.5. The summed E-state index contributed by atoms with van der Waals surface area (Å²) >= 11 is 0. The lowest BCUT2D eigenvalue weighted by Crippen LogP contribution is -2.06. The van der Waals surface area contributed by atoms with Crippen LogP contribution in [0.4, 0.5) is 0 Å². The van der Waals surface area contributed by atoms with Gasteiger partial charge in [0.1, 0.15) is 0 Å². The van der Waals surface area contributed by atoms with Crippen molar-refractivity contribution in [1.82, 2.24) is 27.4 Å². The van der Waals surface area contributed by atoms with E-state index in [2.05, 4.69) is 326 Å². The highest BCUT2D eigenvalue weighted by Gasteiger charge is 2.26. The lowest BCUT2D eigenvalue weighted by Gasteiger charge is -2.22. The van der Waals surface area contributed by atoms with Crippen LogP contribution in [0.25, 0.3) is 176 Å². The van der Waals surface area contributed by atoms with Gasteiger partial charge in [0, 0.05) is 92.9 Å². The highest BCUT2D eigenvalue weighted by atomic mass is 15.1. The van der Waals surface area contributed by atoms with Gasteiger partial charge in [-0.25, -0.2) is 0 Å². The largest absolute Gasteiger partial charge is 0.309 e. The van der Waals surface area contributed by atoms with Crippen LogP contribution in [0.15, 0.2) is 303 Å². The second-order valence-corrected chi connectivity index (χ2v) is 24.8. The molecule has 0 atom stereocenters. The summed E-state index contributed by atoms with van der Waals surface area (Å²) in [7, 11) is 0. The summed E-state index contributed by atoms with van der Waals surface area (Å²) in [5.41, 5.74) is 23.8. The maximum Gasteiger partial charge on any atom is 0.0991 e. The zero-order chi connectivity index (χ0) is 61.2. The van der Waals surface area contributed by atoms with E-state index in [9.17, 15) is 5.26 Å². The predicted molar refractivity (Wildman–Crippen MR) is 387 cm³/mol. The van der Waals surface area contributed by atoms with Crippen LogP contribution in [0.5, 0.6) is 0 Å². The van der Waals surface area contributed by atoms with Crippen LogP contribution < -0.4 is 0 Å². The van der Waals surface area contributed by atoms with Crippen molar-refractivity contribution in [2.75, 3.05) is 0 Å². The van der Waals surface area contributed by atoms with Gasteiger partial charge in [0.15, 0.2) is 0 Å². The summed E-state index contributed by atoms with van der Waals surface area (Å²) < 4.78 is 14.7. The molecule has 14 aromatic carbocycles. The topological polar surface area (TPSA) is 53.4 Å². The lowest BCUT2D eigenvalue weighted by atomic mass is 9.97. The van der Waals surface area contributed by atoms with Gasteiger partial charge in [-0.3, -0.25) is 0 Å². The Bertz CT molecular complexity index is 6100. The molecule has 7 nitrogen and oxygen atoms in total. The van der Waals surface area contributed by atoms with E-state index in [0.717, 1.165) is 116 Å². The molecule has 7 heteroatoms. The molecule has 20 rings (SSSR count). The van der Waals surface area contributed by atoms with Crippen LogP contribution in [0.2, 0.25) is 0 Å². The first-order valence-corrected chi connectivity index (χ1v) is 31.8. The maximum absolute atomic E-state index is 10.5. The Hall–Kier alpha value is -12.6. The number of nitrogens with zero attached hydrogens (tertiary/aromatic N) is 7. The SMILES string of the molecule is Cc1c(-n2c3ccc(-n4c5ccccc5c5ccccc54)cc3c3cc(-n4c5ccccc5c5ccccc54)ccc32)ccc(-c2cccc(C#N)c2)c1-n1c2ccc(-n3c4ccccc4c4ccccc43)cc2c2cc(-n3c4ccccc4c4ccccc43)ccc21. The monoisotopic (exact) mass is 1180 g/mol. The number of benzene rings is 14. The molecule has 0 aliphatic carbocycles. The van der Waals surface area contributed by atoms with Crippen molar-refractivity contribution < 1.29 is 0 Å². The molecule has 0 bridgehead atoms. The molecule has 0 aliphatic rings. The quantitative estimate of drug-likeness (QED) is 0.157. The average molecular weight is 1180 g/mol. The number of hydrogen-bond acceptors (Lipinski definition) is 1. The van der Waals surface area contributed by atoms with Crippen molar-refractivity contribution in [2.24, 2.45) is 0 Å². The third-order valence-electron chi connectivity index (χ3n) is 20.0. The minimum Gasteiger partial charge on any atom is -0.309 e. The number of fused-ring (bicyclic) bond motifs is 18. The van der Waals surface area contributed by atoms with Gasteiger partial charge in [0.05, 0.1) is 89.2 Å². The molecule has 0 N–H and O–H groups in total. The Balaban J connectivity index is 0.888. The summed E-state index contributed by atoms with van der Waals surface area (Å²) in [4.78, 5) is 0. The molecule has 6 aromatic heterocycles. The Labute approximate surface area is 533 Å². The second kappa shape index (κ2) is 19.4. The van der Waals surface area contributed by atoms with Crippen LogP contribution in [0.3, 0.4) is 0 Å². The van der Waals surface area contributed by atoms with Crippen molar-refractivity contribution >= 4 is 131 Å². The summed E-state index contributed by atoms with van der Waals surface area (Å²) in [6.07, 6.45) is 0. The molecular formula is C86H53N7. The van der Waals surface area contributed by atoms with Crippen LogP contribution in [-0.4, -0.2) is 27.4 Å². The zero-order valence-corrected chi connectivity index (χ0v) is 50.5. The standard InChI is InChI=1S/C86H53N7/c1-53-73(92-82-42-37-56(88-74-29-10-2-21-61(74)62-22-3-11-30-75(62)88)48-69(82)70-49-57(38-43-83(70)92)89-76-31-12-4-23-63(76)64-24-5-13-32-77(64)89)46-41-60(55-20-18-19-54(47-55)52-87)86(53)93-84-44-39-58(90-78-33-14-6-25-65(78)66-26-7-15-34-79(66)90)50-71(84)72-51-59(40-45-85(72)93)91-80-35-16-8-27-67(80)68-28-9-17-36-81(68)91/h2-51H,1H3. The first kappa shape index (κ1) is 51.3. The van der Waals surface area contributed by atoms with Gasteiger partial charge >= 0.3 is 0 Å². The molecule has 0 amide bonds. The highest BCUT2D eigenvalue weighted by molar-refractivity contribution is 6.17. The van der Waals surface area contributed by atoms with E-state index in [0.29, 0.717) is 5.56 Å². The second-order valence-electron chi connectivity index (χ2n) is 24.8. The average Bonchev–Trinajstić information content (AvgIpc) is 1.58. The fourth-order valence-electron chi connectivity index (χ4n) is 16.1. The Morgan fingerprint density at radius 2 is 0.516 bits per heavy atom. The number of rotatable bonds is 7. The van der Waals surface area contributed by atoms with Gasteiger partial charge in [-0.05, 0) is 158 Å². The fourth-order valence-corrected chi connectivity index (χ4v) is 16.1. The van der Waals surface area contributed by atoms with Crippen molar-refractivity contribution in [3.8, 4) is 51.3 Å². The van der Waals surface area contributed by atoms with Gasteiger partial charge in [0.25, 0.3) is 0 Å². The summed E-state index contributed by atoms with van der Waals surface area (Å²) in [6, 6.07) is 114. The number of nitriles is 1. The molecule has 20 aromatic rings. The van der Waals surface area contributed by atoms with Gasteiger partial charge in [-0.2, -0.15) is 5.26 Å². The molecule has 93 heavy (non-hydrogen) atoms. The Kier molecular flexibility index (Phi) is 10.7. The molecule has 0 radical (unpaired) electrons. The summed E-state index contributed by atoms with van der Waals surface area (Å²) in [6.45, 7) is 2.30. The van der Waals surface area contributed by atoms with Crippen molar-refractivity contribution in [3.05, 3.63) is 314 Å². The van der Waals surface area contributed by atoms with Crippen molar-refractivity contribution in [1.29, 1.82) is 5.26 Å². The van der Waals surface area contributed by atoms with Gasteiger partial charge in [0.2, 0.25) is 0 Å². The molecule has 0 spiro atoms. The van der Waals surface area contributed by atoms with Gasteiger partial charge < -0.3 is 27.4 Å². The third kappa shape index (κ3) is 7.23. The maximum atomic E-state index is 10.5. The summed E-state index contributed by atoms with van der Waals surface area (Å²) in [5.74, 6) is 0. The molecule has 432 valence electrons. The van der Waals surface area contributed by atoms with Gasteiger partial charge in [-0.15, -0.1) is 0 Å². The van der Waals surface area contributed by atoms with Gasteiger partial charge in [-0.1, -0.05) is 164 Å². The van der Waals surface area contributed by atoms with E-state index >= 15 is 0 Å². The fraction of sp³-hybridized carbons (Fsp3) is 0.0116. The van der Waals surface area contributed by atoms with Crippen LogP contribution in [0, 0.1) is 18.3 Å². The van der Waals surface area contributed by atoms with Crippen LogP contribution in [-0.2, 0) is 0 Å². The minimum atomic E-state index is 0.606. The Morgan fingerprint density at radius 3 is 0.817 bits per heavy atom. The first-order valence-electron chi connectivity index (χ1n) is 31.8. The van der Waals surface area contributed by atoms with E-state index in [-0.39, 0.29) is 0 Å². The first-order chi connectivity index (χ1) is 46.0. The molecule has 0 aliphatic heterocycles. The van der Waals surface area contributed by atoms with Crippen molar-refractivity contribution in [2.45, 2.75) is 6.92 Å². The molecular weight excluding hydrogens is 1130 g/mol. The van der Waals surface area contributed by atoms with E-state index in [4.69, 9.17) is 0 Å². The number of aromatic nitrogens is 6.